The average molecular weight is 572 g/mol. The Balaban J connectivity index is 1.67. The Bertz CT molecular complexity index is 1330. The van der Waals surface area contributed by atoms with Crippen LogP contribution in [0.25, 0.3) is 11.0 Å². The van der Waals surface area contributed by atoms with Gasteiger partial charge in [0.25, 0.3) is 0 Å². The first-order chi connectivity index (χ1) is 19.3. The molecular formula is C28H38N5O6P. The van der Waals surface area contributed by atoms with E-state index in [2.05, 4.69) is 10.6 Å². The summed E-state index contributed by atoms with van der Waals surface area (Å²) in [7, 11) is -4.03. The van der Waals surface area contributed by atoms with Gasteiger partial charge in [0.05, 0.1) is 19.8 Å². The van der Waals surface area contributed by atoms with Crippen LogP contribution in [0.5, 0.6) is 0 Å². The Kier molecular flexibility index (Phi) is 9.90. The molecule has 2 aliphatic rings. The molecule has 2 aromatic rings. The van der Waals surface area contributed by atoms with Gasteiger partial charge in [-0.05, 0) is 77.1 Å². The van der Waals surface area contributed by atoms with Crippen LogP contribution in [0.15, 0.2) is 39.8 Å². The summed E-state index contributed by atoms with van der Waals surface area (Å²) in [5.74, 6) is 0.520. The van der Waals surface area contributed by atoms with E-state index in [0.29, 0.717) is 24.2 Å². The standard InChI is InChI=1S/C28H38N5O6P/c1-4-37-40(36,38-5-2)25(18-29)27(30-22-11-12-24-21(17-22)16-20(3)39-24)31-23-10-6-7-15-33(28(23)35)19-26(34)32-13-8-9-14-32/h11-12,16-17,23,30-31H,4-10,13-15,19H2,1-3H3/b27-25+/t23-/m0/s1. The van der Waals surface area contributed by atoms with E-state index in [1.54, 1.807) is 35.8 Å². The normalized spacial score (nSPS) is 18.9. The van der Waals surface area contributed by atoms with Crippen LogP contribution in [0.1, 0.15) is 51.7 Å². The molecule has 1 atom stereocenters. The van der Waals surface area contributed by atoms with Crippen molar-refractivity contribution in [1.82, 2.24) is 15.1 Å². The zero-order chi connectivity index (χ0) is 28.7. The number of benzene rings is 1. The van der Waals surface area contributed by atoms with E-state index in [9.17, 15) is 19.4 Å². The van der Waals surface area contributed by atoms with Gasteiger partial charge >= 0.3 is 7.60 Å². The van der Waals surface area contributed by atoms with Crippen molar-refractivity contribution in [3.8, 4) is 6.07 Å². The zero-order valence-electron chi connectivity index (χ0n) is 23.4. The largest absolute Gasteiger partial charge is 0.461 e. The molecule has 2 N–H and O–H groups in total. The number of nitrogens with zero attached hydrogens (tertiary/aromatic N) is 3. The van der Waals surface area contributed by atoms with Crippen molar-refractivity contribution in [3.05, 3.63) is 41.2 Å². The summed E-state index contributed by atoms with van der Waals surface area (Å²) in [6.07, 6.45) is 3.92. The molecule has 40 heavy (non-hydrogen) atoms. The van der Waals surface area contributed by atoms with Crippen molar-refractivity contribution >= 4 is 36.1 Å². The van der Waals surface area contributed by atoms with Crippen LogP contribution >= 0.6 is 7.60 Å². The van der Waals surface area contributed by atoms with Gasteiger partial charge in [-0.1, -0.05) is 0 Å². The summed E-state index contributed by atoms with van der Waals surface area (Å²) >= 11 is 0. The van der Waals surface area contributed by atoms with Gasteiger partial charge in [0.15, 0.2) is 5.31 Å². The first-order valence-electron chi connectivity index (χ1n) is 13.9. The van der Waals surface area contributed by atoms with Gasteiger partial charge in [-0.3, -0.25) is 14.2 Å². The lowest BCUT2D eigenvalue weighted by molar-refractivity contribution is -0.140. The molecule has 0 radical (unpaired) electrons. The smallest absolute Gasteiger partial charge is 0.375 e. The number of hydrogen-bond acceptors (Lipinski definition) is 9. The van der Waals surface area contributed by atoms with E-state index in [1.165, 1.54) is 0 Å². The number of nitriles is 1. The Hall–Kier alpha value is -3.32. The molecule has 0 saturated carbocycles. The summed E-state index contributed by atoms with van der Waals surface area (Å²) in [6, 6.07) is 8.54. The molecular weight excluding hydrogens is 533 g/mol. The molecule has 1 aromatic carbocycles. The van der Waals surface area contributed by atoms with Crippen LogP contribution < -0.4 is 10.6 Å². The number of hydrogen-bond donors (Lipinski definition) is 2. The molecule has 0 aliphatic carbocycles. The minimum atomic E-state index is -4.03. The van der Waals surface area contributed by atoms with Gasteiger partial charge in [0, 0.05) is 30.7 Å². The van der Waals surface area contributed by atoms with Gasteiger partial charge in [0.1, 0.15) is 29.3 Å². The Morgan fingerprint density at radius 1 is 1.12 bits per heavy atom. The minimum Gasteiger partial charge on any atom is -0.461 e. The van der Waals surface area contributed by atoms with Crippen LogP contribution in [-0.2, 0) is 23.2 Å². The second-order valence-corrected chi connectivity index (χ2v) is 11.9. The van der Waals surface area contributed by atoms with E-state index in [1.807, 2.05) is 25.1 Å². The molecule has 216 valence electrons. The van der Waals surface area contributed by atoms with Crippen LogP contribution in [0.4, 0.5) is 5.69 Å². The maximum absolute atomic E-state index is 13.8. The summed E-state index contributed by atoms with van der Waals surface area (Å²) in [4.78, 5) is 29.9. The van der Waals surface area contributed by atoms with E-state index in [0.717, 1.165) is 49.9 Å². The molecule has 2 saturated heterocycles. The third-order valence-corrected chi connectivity index (χ3v) is 9.08. The maximum atomic E-state index is 13.8. The third-order valence-electron chi connectivity index (χ3n) is 7.01. The molecule has 11 nitrogen and oxygen atoms in total. The van der Waals surface area contributed by atoms with Gasteiger partial charge < -0.3 is 33.9 Å². The monoisotopic (exact) mass is 571 g/mol. The van der Waals surface area contributed by atoms with Gasteiger partial charge in [-0.15, -0.1) is 0 Å². The lowest BCUT2D eigenvalue weighted by atomic mass is 10.1. The fraction of sp³-hybridized carbons (Fsp3) is 0.536. The number of amides is 2. The van der Waals surface area contributed by atoms with Crippen molar-refractivity contribution in [2.75, 3.05) is 44.7 Å². The van der Waals surface area contributed by atoms with E-state index >= 15 is 0 Å². The molecule has 2 fully saturated rings. The van der Waals surface area contributed by atoms with Crippen LogP contribution in [-0.4, -0.2) is 67.0 Å². The number of allylic oxidation sites excluding steroid dienone is 1. The average Bonchev–Trinajstić information content (AvgIpc) is 3.55. The molecule has 1 aromatic heterocycles. The number of carbonyl (C=O) groups is 2. The quantitative estimate of drug-likeness (QED) is 0.290. The predicted molar refractivity (Wildman–Crippen MR) is 151 cm³/mol. The Labute approximate surface area is 235 Å². The number of rotatable bonds is 11. The van der Waals surface area contributed by atoms with Crippen molar-refractivity contribution in [3.63, 3.8) is 0 Å². The highest BCUT2D eigenvalue weighted by atomic mass is 31.2. The number of furan rings is 1. The second-order valence-electron chi connectivity index (χ2n) is 9.94. The molecule has 0 unspecified atom stereocenters. The molecule has 3 heterocycles. The third kappa shape index (κ3) is 6.87. The number of carbonyl (C=O) groups excluding carboxylic acids is 2. The Morgan fingerprint density at radius 3 is 2.50 bits per heavy atom. The van der Waals surface area contributed by atoms with Crippen molar-refractivity contribution < 1.29 is 27.6 Å². The summed E-state index contributed by atoms with van der Waals surface area (Å²) in [6.45, 7) is 7.23. The number of fused-ring (bicyclic) bond motifs is 1. The summed E-state index contributed by atoms with van der Waals surface area (Å²) in [5.41, 5.74) is 1.29. The maximum Gasteiger partial charge on any atom is 0.375 e. The lowest BCUT2D eigenvalue weighted by Gasteiger charge is -2.28. The van der Waals surface area contributed by atoms with Gasteiger partial charge in [-0.25, -0.2) is 0 Å². The highest BCUT2D eigenvalue weighted by Crippen LogP contribution is 2.56. The minimum absolute atomic E-state index is 0.0154. The second kappa shape index (κ2) is 13.4. The molecule has 0 spiro atoms. The van der Waals surface area contributed by atoms with Crippen LogP contribution in [0.2, 0.25) is 0 Å². The summed E-state index contributed by atoms with van der Waals surface area (Å²) < 4.78 is 30.4. The molecule has 12 heteroatoms. The highest BCUT2D eigenvalue weighted by Gasteiger charge is 2.36. The lowest BCUT2D eigenvalue weighted by Crippen LogP contribution is -2.49. The van der Waals surface area contributed by atoms with Crippen LogP contribution in [0, 0.1) is 18.3 Å². The van der Waals surface area contributed by atoms with Crippen molar-refractivity contribution in [2.24, 2.45) is 0 Å². The van der Waals surface area contributed by atoms with Crippen LogP contribution in [0.3, 0.4) is 0 Å². The predicted octanol–water partition coefficient (Wildman–Crippen LogP) is 4.71. The Morgan fingerprint density at radius 2 is 1.82 bits per heavy atom. The number of likely N-dealkylation sites (tertiary alicyclic amines) is 2. The number of nitrogens with one attached hydrogen (secondary N) is 2. The first-order valence-corrected chi connectivity index (χ1v) is 15.5. The molecule has 2 aliphatic heterocycles. The fourth-order valence-electron chi connectivity index (χ4n) is 5.12. The van der Waals surface area contributed by atoms with Gasteiger partial charge in [-0.2, -0.15) is 5.26 Å². The first kappa shape index (κ1) is 29.7. The highest BCUT2D eigenvalue weighted by molar-refractivity contribution is 7.59. The fourth-order valence-corrected chi connectivity index (χ4v) is 6.65. The van der Waals surface area contributed by atoms with E-state index in [4.69, 9.17) is 13.5 Å². The van der Waals surface area contributed by atoms with E-state index in [-0.39, 0.29) is 42.7 Å². The van der Waals surface area contributed by atoms with Crippen molar-refractivity contribution in [2.45, 2.75) is 58.9 Å². The molecule has 2 amide bonds. The zero-order valence-corrected chi connectivity index (χ0v) is 24.3. The molecule has 4 rings (SSSR count). The van der Waals surface area contributed by atoms with Gasteiger partial charge in [0.2, 0.25) is 11.8 Å². The summed E-state index contributed by atoms with van der Waals surface area (Å²) in [5, 5.41) is 17.1. The van der Waals surface area contributed by atoms with E-state index < -0.39 is 13.6 Å². The number of aryl methyl sites for hydroxylation is 1. The number of anilines is 1. The molecule has 0 bridgehead atoms. The SMILES string of the molecule is CCOP(=O)(OCC)/C(C#N)=C(\Nc1ccc2oc(C)cc2c1)N[C@H]1CCCCN(CC(=O)N2CCCC2)C1=O. The topological polar surface area (TPSA) is 137 Å². The van der Waals surface area contributed by atoms with Crippen molar-refractivity contribution in [1.29, 1.82) is 5.26 Å².